The van der Waals surface area contributed by atoms with Gasteiger partial charge in [0.05, 0.1) is 0 Å². The van der Waals surface area contributed by atoms with Crippen LogP contribution in [0.25, 0.3) is 0 Å². The number of hydrazine groups is 1. The summed E-state index contributed by atoms with van der Waals surface area (Å²) >= 11 is 0. The third-order valence-corrected chi connectivity index (χ3v) is 5.55. The summed E-state index contributed by atoms with van der Waals surface area (Å²) in [5, 5.41) is 0. The third kappa shape index (κ3) is 2.88. The number of sulfonamides is 1. The average Bonchev–Trinajstić information content (AvgIpc) is 2.93. The summed E-state index contributed by atoms with van der Waals surface area (Å²) in [6.07, 6.45) is 5.45. The second-order valence-electron chi connectivity index (χ2n) is 4.67. The van der Waals surface area contributed by atoms with Gasteiger partial charge in [-0.1, -0.05) is 19.8 Å². The number of aromatic nitrogens is 1. The van der Waals surface area contributed by atoms with Crippen LogP contribution in [0.3, 0.4) is 0 Å². The number of nitrogens with zero attached hydrogens (tertiary/aromatic N) is 2. The fourth-order valence-corrected chi connectivity index (χ4v) is 4.21. The Kier molecular flexibility index (Phi) is 4.38. The first-order valence-electron chi connectivity index (χ1n) is 6.54. The van der Waals surface area contributed by atoms with Crippen LogP contribution in [0.2, 0.25) is 0 Å². The van der Waals surface area contributed by atoms with Gasteiger partial charge in [-0.2, -0.15) is 4.31 Å². The minimum atomic E-state index is -3.46. The molecule has 1 saturated carbocycles. The highest BCUT2D eigenvalue weighted by Crippen LogP contribution is 2.28. The van der Waals surface area contributed by atoms with Gasteiger partial charge < -0.3 is 5.43 Å². The number of nitrogens with two attached hydrogens (primary N) is 1. The lowest BCUT2D eigenvalue weighted by Crippen LogP contribution is -2.38. The largest absolute Gasteiger partial charge is 0.308 e. The Morgan fingerprint density at radius 3 is 2.58 bits per heavy atom. The van der Waals surface area contributed by atoms with Gasteiger partial charge in [-0.15, -0.1) is 0 Å². The molecule has 1 aromatic rings. The highest BCUT2D eigenvalue weighted by Gasteiger charge is 2.32. The van der Waals surface area contributed by atoms with Crippen molar-refractivity contribution in [1.29, 1.82) is 0 Å². The van der Waals surface area contributed by atoms with Gasteiger partial charge in [-0.3, -0.25) is 0 Å². The standard InChI is InChI=1S/C12H20N4O2S/c1-2-16(10-5-3-4-6-10)19(17,18)11-7-8-12(15-13)14-9-11/h7-10H,2-6,13H2,1H3,(H,14,15). The van der Waals surface area contributed by atoms with Crippen LogP contribution in [0.1, 0.15) is 32.6 Å². The van der Waals surface area contributed by atoms with Gasteiger partial charge in [0.2, 0.25) is 10.0 Å². The zero-order chi connectivity index (χ0) is 13.9. The first kappa shape index (κ1) is 14.2. The van der Waals surface area contributed by atoms with Gasteiger partial charge in [0.25, 0.3) is 0 Å². The average molecular weight is 284 g/mol. The predicted molar refractivity (Wildman–Crippen MR) is 73.9 cm³/mol. The quantitative estimate of drug-likeness (QED) is 0.629. The second-order valence-corrected chi connectivity index (χ2v) is 6.56. The van der Waals surface area contributed by atoms with Gasteiger partial charge in [0, 0.05) is 18.8 Å². The second kappa shape index (κ2) is 5.85. The Morgan fingerprint density at radius 1 is 1.42 bits per heavy atom. The highest BCUT2D eigenvalue weighted by molar-refractivity contribution is 7.89. The lowest BCUT2D eigenvalue weighted by atomic mass is 10.2. The normalized spacial score (nSPS) is 17.0. The SMILES string of the molecule is CCN(C1CCCC1)S(=O)(=O)c1ccc(NN)nc1. The Balaban J connectivity index is 2.27. The molecule has 0 unspecified atom stereocenters. The molecule has 0 atom stereocenters. The number of anilines is 1. The van der Waals surface area contributed by atoms with E-state index in [2.05, 4.69) is 10.4 Å². The van der Waals surface area contributed by atoms with Crippen molar-refractivity contribution >= 4 is 15.8 Å². The Hall–Kier alpha value is -1.18. The van der Waals surface area contributed by atoms with E-state index in [-0.39, 0.29) is 10.9 Å². The van der Waals surface area contributed by atoms with Crippen LogP contribution < -0.4 is 11.3 Å². The number of hydrogen-bond donors (Lipinski definition) is 2. The van der Waals surface area contributed by atoms with Crippen molar-refractivity contribution < 1.29 is 8.42 Å². The van der Waals surface area contributed by atoms with Crippen molar-refractivity contribution in [2.24, 2.45) is 5.84 Å². The number of hydrogen-bond acceptors (Lipinski definition) is 5. The van der Waals surface area contributed by atoms with Crippen molar-refractivity contribution in [3.63, 3.8) is 0 Å². The maximum Gasteiger partial charge on any atom is 0.244 e. The molecule has 0 saturated heterocycles. The highest BCUT2D eigenvalue weighted by atomic mass is 32.2. The molecule has 7 heteroatoms. The van der Waals surface area contributed by atoms with Gasteiger partial charge in [-0.25, -0.2) is 19.2 Å². The van der Waals surface area contributed by atoms with E-state index < -0.39 is 10.0 Å². The van der Waals surface area contributed by atoms with Gasteiger partial charge >= 0.3 is 0 Å². The molecule has 106 valence electrons. The Labute approximate surface area is 114 Å². The number of nitrogens with one attached hydrogen (secondary N) is 1. The lowest BCUT2D eigenvalue weighted by Gasteiger charge is -2.26. The zero-order valence-electron chi connectivity index (χ0n) is 11.0. The van der Waals surface area contributed by atoms with E-state index in [0.717, 1.165) is 25.7 Å². The number of nitrogen functional groups attached to an aromatic ring is 1. The summed E-state index contributed by atoms with van der Waals surface area (Å²) in [5.41, 5.74) is 2.38. The number of pyridine rings is 1. The molecule has 0 bridgehead atoms. The van der Waals surface area contributed by atoms with Crippen LogP contribution in [0, 0.1) is 0 Å². The van der Waals surface area contributed by atoms with E-state index in [1.54, 1.807) is 10.4 Å². The van der Waals surface area contributed by atoms with Crippen LogP contribution in [0.4, 0.5) is 5.82 Å². The van der Waals surface area contributed by atoms with Crippen molar-refractivity contribution in [2.75, 3.05) is 12.0 Å². The molecule has 1 heterocycles. The minimum Gasteiger partial charge on any atom is -0.308 e. The van der Waals surface area contributed by atoms with E-state index in [1.807, 2.05) is 6.92 Å². The summed E-state index contributed by atoms with van der Waals surface area (Å²) < 4.78 is 26.8. The van der Waals surface area contributed by atoms with Crippen LogP contribution in [-0.2, 0) is 10.0 Å². The maximum absolute atomic E-state index is 12.6. The fourth-order valence-electron chi connectivity index (χ4n) is 2.57. The maximum atomic E-state index is 12.6. The van der Waals surface area contributed by atoms with Crippen molar-refractivity contribution in [2.45, 2.75) is 43.5 Å². The molecule has 0 aromatic carbocycles. The topological polar surface area (TPSA) is 88.3 Å². The molecule has 1 aliphatic carbocycles. The third-order valence-electron chi connectivity index (χ3n) is 3.53. The summed E-state index contributed by atoms with van der Waals surface area (Å²) in [6, 6.07) is 3.23. The van der Waals surface area contributed by atoms with Gasteiger partial charge in [0.1, 0.15) is 10.7 Å². The first-order chi connectivity index (χ1) is 9.09. The van der Waals surface area contributed by atoms with E-state index in [1.165, 1.54) is 12.3 Å². The van der Waals surface area contributed by atoms with Gasteiger partial charge in [0.15, 0.2) is 0 Å². The summed E-state index contributed by atoms with van der Waals surface area (Å²) in [4.78, 5) is 4.19. The molecule has 0 aliphatic heterocycles. The molecule has 6 nitrogen and oxygen atoms in total. The Morgan fingerprint density at radius 2 is 2.11 bits per heavy atom. The van der Waals surface area contributed by atoms with Gasteiger partial charge in [-0.05, 0) is 25.0 Å². The van der Waals surface area contributed by atoms with E-state index in [0.29, 0.717) is 12.4 Å². The van der Waals surface area contributed by atoms with Crippen LogP contribution in [0.5, 0.6) is 0 Å². The minimum absolute atomic E-state index is 0.127. The predicted octanol–water partition coefficient (Wildman–Crippen LogP) is 1.32. The molecule has 1 aromatic heterocycles. The molecule has 0 radical (unpaired) electrons. The molecular weight excluding hydrogens is 264 g/mol. The summed E-state index contributed by atoms with van der Waals surface area (Å²) in [5.74, 6) is 5.67. The van der Waals surface area contributed by atoms with Crippen molar-refractivity contribution in [3.05, 3.63) is 18.3 Å². The summed E-state index contributed by atoms with van der Waals surface area (Å²) in [7, 11) is -3.46. The molecule has 0 amide bonds. The molecule has 19 heavy (non-hydrogen) atoms. The molecule has 3 N–H and O–H groups in total. The molecule has 1 aliphatic rings. The van der Waals surface area contributed by atoms with Crippen LogP contribution in [-0.4, -0.2) is 30.3 Å². The molecular formula is C12H20N4O2S. The van der Waals surface area contributed by atoms with E-state index in [4.69, 9.17) is 5.84 Å². The molecule has 2 rings (SSSR count). The van der Waals surface area contributed by atoms with Crippen LogP contribution in [0.15, 0.2) is 23.2 Å². The Bertz CT molecular complexity index is 509. The smallest absolute Gasteiger partial charge is 0.244 e. The molecule has 1 fully saturated rings. The first-order valence-corrected chi connectivity index (χ1v) is 7.98. The molecule has 0 spiro atoms. The monoisotopic (exact) mass is 284 g/mol. The lowest BCUT2D eigenvalue weighted by molar-refractivity contribution is 0.335. The number of rotatable bonds is 5. The zero-order valence-corrected chi connectivity index (χ0v) is 11.9. The van der Waals surface area contributed by atoms with Crippen LogP contribution >= 0.6 is 0 Å². The van der Waals surface area contributed by atoms with Crippen molar-refractivity contribution in [3.8, 4) is 0 Å². The summed E-state index contributed by atoms with van der Waals surface area (Å²) in [6.45, 7) is 2.36. The van der Waals surface area contributed by atoms with E-state index in [9.17, 15) is 8.42 Å². The van der Waals surface area contributed by atoms with E-state index >= 15 is 0 Å². The fraction of sp³-hybridized carbons (Fsp3) is 0.583. The van der Waals surface area contributed by atoms with Crippen molar-refractivity contribution in [1.82, 2.24) is 9.29 Å².